The Kier molecular flexibility index (Phi) is 2.60. The summed E-state index contributed by atoms with van der Waals surface area (Å²) >= 11 is 0. The lowest BCUT2D eigenvalue weighted by Crippen LogP contribution is -2.31. The van der Waals surface area contributed by atoms with Gasteiger partial charge in [0.1, 0.15) is 0 Å². The third-order valence-corrected chi connectivity index (χ3v) is 1.46. The molecular formula is C8H13N3O. The Morgan fingerprint density at radius 3 is 2.92 bits per heavy atom. The molecule has 0 saturated carbocycles. The maximum Gasteiger partial charge on any atom is 0.266 e. The molecule has 0 bridgehead atoms. The molecule has 1 aromatic rings. The molecule has 66 valence electrons. The second kappa shape index (κ2) is 3.49. The normalized spacial score (nSPS) is 12.9. The molecule has 0 amide bonds. The van der Waals surface area contributed by atoms with E-state index in [9.17, 15) is 4.79 Å². The molecule has 0 saturated heterocycles. The zero-order valence-corrected chi connectivity index (χ0v) is 7.32. The van der Waals surface area contributed by atoms with Crippen molar-refractivity contribution in [1.82, 2.24) is 9.78 Å². The number of hydrogen-bond acceptors (Lipinski definition) is 3. The summed E-state index contributed by atoms with van der Waals surface area (Å²) in [5.41, 5.74) is 6.27. The molecule has 1 atom stereocenters. The summed E-state index contributed by atoms with van der Waals surface area (Å²) in [6.45, 7) is 4.16. The van der Waals surface area contributed by atoms with Gasteiger partial charge in [0, 0.05) is 12.1 Å². The quantitative estimate of drug-likeness (QED) is 0.669. The number of rotatable bonds is 2. The van der Waals surface area contributed by atoms with Gasteiger partial charge in [-0.25, -0.2) is 4.68 Å². The molecule has 2 N–H and O–H groups in total. The van der Waals surface area contributed by atoms with Gasteiger partial charge in [0.05, 0.1) is 12.2 Å². The first-order chi connectivity index (χ1) is 5.59. The van der Waals surface area contributed by atoms with Crippen molar-refractivity contribution in [2.45, 2.75) is 26.4 Å². The summed E-state index contributed by atoms with van der Waals surface area (Å²) in [6, 6.07) is 3.15. The average molecular weight is 167 g/mol. The van der Waals surface area contributed by atoms with E-state index in [-0.39, 0.29) is 11.6 Å². The van der Waals surface area contributed by atoms with Crippen LogP contribution in [0.5, 0.6) is 0 Å². The number of aromatic nitrogens is 2. The monoisotopic (exact) mass is 167 g/mol. The molecule has 0 aliphatic heterocycles. The van der Waals surface area contributed by atoms with Crippen LogP contribution in [0.25, 0.3) is 0 Å². The van der Waals surface area contributed by atoms with Gasteiger partial charge in [-0.05, 0) is 19.9 Å². The Morgan fingerprint density at radius 1 is 1.67 bits per heavy atom. The van der Waals surface area contributed by atoms with E-state index in [4.69, 9.17) is 5.73 Å². The van der Waals surface area contributed by atoms with Gasteiger partial charge < -0.3 is 5.73 Å². The Morgan fingerprint density at radius 2 is 2.33 bits per heavy atom. The third kappa shape index (κ3) is 2.17. The predicted molar refractivity (Wildman–Crippen MR) is 46.9 cm³/mol. The van der Waals surface area contributed by atoms with Crippen LogP contribution in [0.1, 0.15) is 12.6 Å². The van der Waals surface area contributed by atoms with Gasteiger partial charge in [-0.1, -0.05) is 0 Å². The first-order valence-corrected chi connectivity index (χ1v) is 3.90. The fourth-order valence-electron chi connectivity index (χ4n) is 0.955. The van der Waals surface area contributed by atoms with Crippen molar-refractivity contribution in [3.63, 3.8) is 0 Å². The van der Waals surface area contributed by atoms with Crippen LogP contribution in [0.15, 0.2) is 16.9 Å². The van der Waals surface area contributed by atoms with Gasteiger partial charge in [-0.15, -0.1) is 0 Å². The fourth-order valence-corrected chi connectivity index (χ4v) is 0.955. The second-order valence-corrected chi connectivity index (χ2v) is 2.97. The van der Waals surface area contributed by atoms with Crippen molar-refractivity contribution < 1.29 is 0 Å². The highest BCUT2D eigenvalue weighted by Gasteiger charge is 1.99. The van der Waals surface area contributed by atoms with E-state index in [0.29, 0.717) is 6.54 Å². The highest BCUT2D eigenvalue weighted by atomic mass is 16.1. The van der Waals surface area contributed by atoms with E-state index in [2.05, 4.69) is 5.10 Å². The molecule has 1 rings (SSSR count). The molecule has 1 aromatic heterocycles. The van der Waals surface area contributed by atoms with Gasteiger partial charge in [0.2, 0.25) is 0 Å². The summed E-state index contributed by atoms with van der Waals surface area (Å²) in [5.74, 6) is 0. The lowest BCUT2D eigenvalue weighted by Gasteiger charge is -2.06. The summed E-state index contributed by atoms with van der Waals surface area (Å²) in [5, 5.41) is 4.04. The van der Waals surface area contributed by atoms with E-state index in [1.54, 1.807) is 6.07 Å². The van der Waals surface area contributed by atoms with Gasteiger partial charge in [-0.2, -0.15) is 5.10 Å². The largest absolute Gasteiger partial charge is 0.326 e. The van der Waals surface area contributed by atoms with Gasteiger partial charge in [0.25, 0.3) is 5.56 Å². The molecule has 0 radical (unpaired) electrons. The first kappa shape index (κ1) is 8.93. The third-order valence-electron chi connectivity index (χ3n) is 1.46. The molecule has 0 aliphatic rings. The molecule has 0 unspecified atom stereocenters. The molecule has 0 aliphatic carbocycles. The molecule has 0 fully saturated rings. The van der Waals surface area contributed by atoms with Gasteiger partial charge in [-0.3, -0.25) is 4.79 Å². The van der Waals surface area contributed by atoms with Crippen LogP contribution in [0, 0.1) is 6.92 Å². The molecule has 4 heteroatoms. The van der Waals surface area contributed by atoms with Crippen LogP contribution in [-0.2, 0) is 6.54 Å². The topological polar surface area (TPSA) is 60.9 Å². The Hall–Kier alpha value is -1.16. The second-order valence-electron chi connectivity index (χ2n) is 2.97. The molecular weight excluding hydrogens is 154 g/mol. The number of hydrogen-bond donors (Lipinski definition) is 1. The van der Waals surface area contributed by atoms with E-state index in [1.165, 1.54) is 10.7 Å². The van der Waals surface area contributed by atoms with Crippen LogP contribution in [0.4, 0.5) is 0 Å². The summed E-state index contributed by atoms with van der Waals surface area (Å²) in [7, 11) is 0. The molecule has 0 spiro atoms. The van der Waals surface area contributed by atoms with Crippen molar-refractivity contribution in [2.24, 2.45) is 5.73 Å². The highest BCUT2D eigenvalue weighted by molar-refractivity contribution is 4.97. The maximum atomic E-state index is 11.2. The molecule has 12 heavy (non-hydrogen) atoms. The van der Waals surface area contributed by atoms with Crippen LogP contribution >= 0.6 is 0 Å². The Labute approximate surface area is 71.0 Å². The lowest BCUT2D eigenvalue weighted by molar-refractivity contribution is 0.509. The number of nitrogens with zero attached hydrogens (tertiary/aromatic N) is 2. The fraction of sp³-hybridized carbons (Fsp3) is 0.500. The van der Waals surface area contributed by atoms with Crippen molar-refractivity contribution in [3.05, 3.63) is 28.2 Å². The van der Waals surface area contributed by atoms with Crippen molar-refractivity contribution in [2.75, 3.05) is 0 Å². The maximum absolute atomic E-state index is 11.2. The predicted octanol–water partition coefficient (Wildman–Crippen LogP) is -0.101. The van der Waals surface area contributed by atoms with Crippen molar-refractivity contribution in [1.29, 1.82) is 0 Å². The van der Waals surface area contributed by atoms with Crippen LogP contribution < -0.4 is 11.3 Å². The molecule has 0 aromatic carbocycles. The lowest BCUT2D eigenvalue weighted by atomic mass is 10.3. The minimum Gasteiger partial charge on any atom is -0.326 e. The minimum absolute atomic E-state index is 0.0444. The van der Waals surface area contributed by atoms with Gasteiger partial charge >= 0.3 is 0 Å². The molecule has 1 heterocycles. The van der Waals surface area contributed by atoms with Crippen LogP contribution in [0.3, 0.4) is 0 Å². The SMILES string of the molecule is Cc1ccc(=O)n(C[C@@H](C)N)n1. The summed E-state index contributed by atoms with van der Waals surface area (Å²) < 4.78 is 1.39. The van der Waals surface area contributed by atoms with Crippen LogP contribution in [0.2, 0.25) is 0 Å². The zero-order valence-electron chi connectivity index (χ0n) is 7.32. The minimum atomic E-state index is -0.0992. The van der Waals surface area contributed by atoms with E-state index >= 15 is 0 Å². The Bertz CT molecular complexity index is 316. The Balaban J connectivity index is 2.98. The van der Waals surface area contributed by atoms with E-state index < -0.39 is 0 Å². The standard InChI is InChI=1S/C8H13N3O/c1-6(9)5-11-8(12)4-3-7(2)10-11/h3-4,6H,5,9H2,1-2H3/t6-/m1/s1. The summed E-state index contributed by atoms with van der Waals surface area (Å²) in [4.78, 5) is 11.2. The van der Waals surface area contributed by atoms with E-state index in [1.807, 2.05) is 13.8 Å². The molecule has 4 nitrogen and oxygen atoms in total. The van der Waals surface area contributed by atoms with E-state index in [0.717, 1.165) is 5.69 Å². The number of nitrogens with two attached hydrogens (primary N) is 1. The van der Waals surface area contributed by atoms with Crippen LogP contribution in [-0.4, -0.2) is 15.8 Å². The summed E-state index contributed by atoms with van der Waals surface area (Å²) in [6.07, 6.45) is 0. The highest BCUT2D eigenvalue weighted by Crippen LogP contribution is 1.87. The van der Waals surface area contributed by atoms with Gasteiger partial charge in [0.15, 0.2) is 0 Å². The van der Waals surface area contributed by atoms with Crippen molar-refractivity contribution >= 4 is 0 Å². The first-order valence-electron chi connectivity index (χ1n) is 3.90. The van der Waals surface area contributed by atoms with Crippen molar-refractivity contribution in [3.8, 4) is 0 Å². The number of aryl methyl sites for hydroxylation is 1. The average Bonchev–Trinajstić information content (AvgIpc) is 1.96. The zero-order chi connectivity index (χ0) is 9.14. The smallest absolute Gasteiger partial charge is 0.266 e.